The zero-order valence-corrected chi connectivity index (χ0v) is 21.0. The molecule has 0 heterocycles. The van der Waals surface area contributed by atoms with Crippen molar-refractivity contribution in [1.29, 1.82) is 10.5 Å². The molecule has 4 nitrogen and oxygen atoms in total. The van der Waals surface area contributed by atoms with E-state index in [0.29, 0.717) is 21.2 Å². The van der Waals surface area contributed by atoms with Gasteiger partial charge in [-0.15, -0.1) is 0 Å². The van der Waals surface area contributed by atoms with Gasteiger partial charge in [0.25, 0.3) is 0 Å². The van der Waals surface area contributed by atoms with Gasteiger partial charge in [0.1, 0.15) is 0 Å². The lowest BCUT2D eigenvalue weighted by molar-refractivity contribution is 1.13. The van der Waals surface area contributed by atoms with Crippen LogP contribution >= 0.6 is 23.2 Å². The average molecular weight is 487 g/mol. The van der Waals surface area contributed by atoms with Crippen LogP contribution in [-0.2, 0) is 0 Å². The summed E-state index contributed by atoms with van der Waals surface area (Å²) in [7, 11) is 7.78. The summed E-state index contributed by atoms with van der Waals surface area (Å²) in [6.45, 7) is 0. The van der Waals surface area contributed by atoms with E-state index in [2.05, 4.69) is 12.1 Å². The summed E-state index contributed by atoms with van der Waals surface area (Å²) in [5.74, 6) is 0. The molecule has 0 aromatic heterocycles. The van der Waals surface area contributed by atoms with E-state index in [9.17, 15) is 10.5 Å². The summed E-state index contributed by atoms with van der Waals surface area (Å²) in [5.41, 5.74) is 5.94. The molecule has 3 aromatic carbocycles. The summed E-state index contributed by atoms with van der Waals surface area (Å²) in [4.78, 5) is 3.93. The summed E-state index contributed by atoms with van der Waals surface area (Å²) in [6.07, 6.45) is 3.54. The molecule has 0 aliphatic rings. The molecule has 0 fully saturated rings. The highest BCUT2D eigenvalue weighted by atomic mass is 35.5. The fraction of sp³-hybridized carbons (Fsp3) is 0.143. The smallest absolute Gasteiger partial charge is 0.0998 e. The van der Waals surface area contributed by atoms with Crippen molar-refractivity contribution in [2.24, 2.45) is 0 Å². The van der Waals surface area contributed by atoms with Crippen molar-refractivity contribution >= 4 is 57.9 Å². The van der Waals surface area contributed by atoms with Crippen molar-refractivity contribution in [2.75, 3.05) is 38.0 Å². The van der Waals surface area contributed by atoms with Gasteiger partial charge >= 0.3 is 0 Å². The second-order valence-electron chi connectivity index (χ2n) is 8.12. The van der Waals surface area contributed by atoms with Crippen LogP contribution in [0.5, 0.6) is 0 Å². The van der Waals surface area contributed by atoms with Crippen LogP contribution in [0.25, 0.3) is 23.3 Å². The monoisotopic (exact) mass is 486 g/mol. The van der Waals surface area contributed by atoms with Gasteiger partial charge in [-0.05, 0) is 58.7 Å². The van der Waals surface area contributed by atoms with Crippen LogP contribution in [0.2, 0.25) is 10.0 Å². The molecule has 34 heavy (non-hydrogen) atoms. The molecule has 6 heteroatoms. The molecule has 0 saturated heterocycles. The molecule has 0 aliphatic heterocycles. The first-order chi connectivity index (χ1) is 16.2. The fourth-order valence-electron chi connectivity index (χ4n) is 3.32. The number of hydrogen-bond acceptors (Lipinski definition) is 4. The molecular weight excluding hydrogens is 463 g/mol. The SMILES string of the molecule is CN(C)c1ccc(C=C(C#N)c2ccc(C(C#N)=Cc3ccc(N(C)C)cc3Cl)cc2)c(Cl)c1. The van der Waals surface area contributed by atoms with Crippen molar-refractivity contribution in [2.45, 2.75) is 0 Å². The first-order valence-electron chi connectivity index (χ1n) is 10.5. The van der Waals surface area contributed by atoms with Gasteiger partial charge in [0.2, 0.25) is 0 Å². The number of benzene rings is 3. The summed E-state index contributed by atoms with van der Waals surface area (Å²) < 4.78 is 0. The van der Waals surface area contributed by atoms with Crippen LogP contribution in [0, 0.1) is 22.7 Å². The standard InChI is InChI=1S/C28H24Cl2N4/c1-33(2)25-11-9-21(27(29)15-25)13-23(17-31)19-5-7-20(8-6-19)24(18-32)14-22-10-12-26(34(3)4)16-28(22)30/h5-16H,1-4H3. The number of nitrogens with zero attached hydrogens (tertiary/aromatic N) is 4. The second kappa shape index (κ2) is 10.9. The van der Waals surface area contributed by atoms with Gasteiger partial charge in [0.05, 0.1) is 23.3 Å². The Morgan fingerprint density at radius 2 is 1.00 bits per heavy atom. The van der Waals surface area contributed by atoms with Crippen molar-refractivity contribution < 1.29 is 0 Å². The van der Waals surface area contributed by atoms with Gasteiger partial charge in [-0.25, -0.2) is 0 Å². The van der Waals surface area contributed by atoms with Crippen LogP contribution in [-0.4, -0.2) is 28.2 Å². The number of halogens is 2. The number of hydrogen-bond donors (Lipinski definition) is 0. The van der Waals surface area contributed by atoms with Gasteiger partial charge in [0, 0.05) is 49.6 Å². The first kappa shape index (κ1) is 24.9. The van der Waals surface area contributed by atoms with Crippen molar-refractivity contribution in [3.05, 3.63) is 93.0 Å². The van der Waals surface area contributed by atoms with Crippen molar-refractivity contribution in [3.8, 4) is 12.1 Å². The van der Waals surface area contributed by atoms with E-state index in [0.717, 1.165) is 33.6 Å². The van der Waals surface area contributed by atoms with E-state index in [-0.39, 0.29) is 0 Å². The number of nitriles is 2. The molecule has 0 amide bonds. The predicted molar refractivity (Wildman–Crippen MR) is 145 cm³/mol. The number of anilines is 2. The third-order valence-corrected chi connectivity index (χ3v) is 6.00. The Bertz CT molecular complexity index is 1230. The molecular formula is C28H24Cl2N4. The van der Waals surface area contributed by atoms with E-state index in [4.69, 9.17) is 23.2 Å². The molecule has 3 aromatic rings. The molecule has 0 N–H and O–H groups in total. The number of rotatable bonds is 6. The largest absolute Gasteiger partial charge is 0.378 e. The van der Waals surface area contributed by atoms with Crippen LogP contribution in [0.3, 0.4) is 0 Å². The summed E-state index contributed by atoms with van der Waals surface area (Å²) in [6, 6.07) is 23.2. The van der Waals surface area contributed by atoms with E-state index in [1.165, 1.54) is 0 Å². The van der Waals surface area contributed by atoms with Gasteiger partial charge in [-0.3, -0.25) is 0 Å². The summed E-state index contributed by atoms with van der Waals surface area (Å²) >= 11 is 12.9. The zero-order chi connectivity index (χ0) is 24.8. The number of allylic oxidation sites excluding steroid dienone is 2. The highest BCUT2D eigenvalue weighted by molar-refractivity contribution is 6.33. The third-order valence-electron chi connectivity index (χ3n) is 5.35. The molecule has 0 bridgehead atoms. The minimum Gasteiger partial charge on any atom is -0.378 e. The van der Waals surface area contributed by atoms with E-state index >= 15 is 0 Å². The molecule has 170 valence electrons. The van der Waals surface area contributed by atoms with E-state index < -0.39 is 0 Å². The maximum Gasteiger partial charge on any atom is 0.0998 e. The van der Waals surface area contributed by atoms with E-state index in [1.807, 2.05) is 98.7 Å². The Morgan fingerprint density at radius 1 is 0.647 bits per heavy atom. The Kier molecular flexibility index (Phi) is 8.03. The Morgan fingerprint density at radius 3 is 1.26 bits per heavy atom. The lowest BCUT2D eigenvalue weighted by Crippen LogP contribution is -2.08. The van der Waals surface area contributed by atoms with Gasteiger partial charge in [-0.2, -0.15) is 10.5 Å². The summed E-state index contributed by atoms with van der Waals surface area (Å²) in [5, 5.41) is 20.6. The zero-order valence-electron chi connectivity index (χ0n) is 19.5. The molecule has 0 saturated carbocycles. The van der Waals surface area contributed by atoms with Crippen LogP contribution in [0.15, 0.2) is 60.7 Å². The molecule has 0 spiro atoms. The Balaban J connectivity index is 1.91. The molecule has 0 radical (unpaired) electrons. The van der Waals surface area contributed by atoms with Crippen LogP contribution in [0.1, 0.15) is 22.3 Å². The lowest BCUT2D eigenvalue weighted by atomic mass is 9.98. The topological polar surface area (TPSA) is 54.1 Å². The fourth-order valence-corrected chi connectivity index (χ4v) is 3.78. The molecule has 0 atom stereocenters. The highest BCUT2D eigenvalue weighted by Gasteiger charge is 2.09. The maximum atomic E-state index is 9.73. The van der Waals surface area contributed by atoms with Gasteiger partial charge < -0.3 is 9.80 Å². The highest BCUT2D eigenvalue weighted by Crippen LogP contribution is 2.29. The Hall–Kier alpha value is -3.70. The third kappa shape index (κ3) is 5.80. The van der Waals surface area contributed by atoms with Crippen LogP contribution < -0.4 is 9.80 Å². The molecule has 0 unspecified atom stereocenters. The maximum absolute atomic E-state index is 9.73. The van der Waals surface area contributed by atoms with E-state index in [1.54, 1.807) is 12.2 Å². The second-order valence-corrected chi connectivity index (χ2v) is 8.93. The lowest BCUT2D eigenvalue weighted by Gasteiger charge is -2.13. The molecule has 3 rings (SSSR count). The van der Waals surface area contributed by atoms with Crippen molar-refractivity contribution in [3.63, 3.8) is 0 Å². The average Bonchev–Trinajstić information content (AvgIpc) is 2.82. The van der Waals surface area contributed by atoms with Gasteiger partial charge in [0.15, 0.2) is 0 Å². The molecule has 0 aliphatic carbocycles. The minimum absolute atomic E-state index is 0.482. The minimum atomic E-state index is 0.482. The van der Waals surface area contributed by atoms with Crippen molar-refractivity contribution in [1.82, 2.24) is 0 Å². The first-order valence-corrected chi connectivity index (χ1v) is 11.3. The van der Waals surface area contributed by atoms with Gasteiger partial charge in [-0.1, -0.05) is 59.6 Å². The predicted octanol–water partition coefficient (Wildman–Crippen LogP) is 7.25. The quantitative estimate of drug-likeness (QED) is 0.271. The van der Waals surface area contributed by atoms with Crippen LogP contribution in [0.4, 0.5) is 11.4 Å². The normalized spacial score (nSPS) is 11.5. The Labute approximate surface area is 211 Å².